The molecule has 9 nitrogen and oxygen atoms in total. The summed E-state index contributed by atoms with van der Waals surface area (Å²) < 4.78 is 3.40. The summed E-state index contributed by atoms with van der Waals surface area (Å²) in [6.45, 7) is 1.87. The van der Waals surface area contributed by atoms with Gasteiger partial charge < -0.3 is 4.98 Å². The standard InChI is InChI=1S/C21H18N8O/c1-13-16(20(30)29(28(13)2)14-8-4-3-5-9-14)12-22-26-21-24-19-18(25-27-21)15-10-6-7-11-17(15)23-19/h3-12H,1-2H3,(H2,23,24,26,27)/b22-12-. The van der Waals surface area contributed by atoms with Gasteiger partial charge in [0.05, 0.1) is 17.5 Å². The first-order valence-corrected chi connectivity index (χ1v) is 9.38. The summed E-state index contributed by atoms with van der Waals surface area (Å²) in [6.07, 6.45) is 1.48. The lowest BCUT2D eigenvalue weighted by atomic mass is 10.2. The Bertz CT molecular complexity index is 1460. The van der Waals surface area contributed by atoms with Crippen LogP contribution < -0.4 is 11.0 Å². The predicted octanol–water partition coefficient (Wildman–Crippen LogP) is 2.75. The summed E-state index contributed by atoms with van der Waals surface area (Å²) in [5.74, 6) is 0.238. The third kappa shape index (κ3) is 2.84. The van der Waals surface area contributed by atoms with Crippen LogP contribution in [0.3, 0.4) is 0 Å². The first kappa shape index (κ1) is 17.8. The number of nitrogens with zero attached hydrogens (tertiary/aromatic N) is 6. The Kier molecular flexibility index (Phi) is 4.13. The number of benzene rings is 2. The zero-order valence-electron chi connectivity index (χ0n) is 16.4. The number of hydrogen-bond donors (Lipinski definition) is 2. The summed E-state index contributed by atoms with van der Waals surface area (Å²) in [5, 5.41) is 13.4. The number of aromatic nitrogens is 6. The number of para-hydroxylation sites is 2. The van der Waals surface area contributed by atoms with E-state index in [0.29, 0.717) is 16.7 Å². The van der Waals surface area contributed by atoms with Crippen LogP contribution in [0.5, 0.6) is 0 Å². The molecule has 0 spiro atoms. The number of hydrogen-bond acceptors (Lipinski definition) is 6. The molecule has 3 aromatic heterocycles. The van der Waals surface area contributed by atoms with E-state index in [2.05, 4.69) is 30.7 Å². The van der Waals surface area contributed by atoms with Crippen LogP contribution in [0.4, 0.5) is 5.95 Å². The summed E-state index contributed by atoms with van der Waals surface area (Å²) in [6, 6.07) is 17.3. The molecule has 9 heteroatoms. The van der Waals surface area contributed by atoms with Gasteiger partial charge in [-0.3, -0.25) is 9.48 Å². The van der Waals surface area contributed by atoms with Crippen LogP contribution in [0.1, 0.15) is 11.3 Å². The summed E-state index contributed by atoms with van der Waals surface area (Å²) in [5.41, 5.74) is 6.92. The Labute approximate surface area is 170 Å². The monoisotopic (exact) mass is 398 g/mol. The normalized spacial score (nSPS) is 11.7. The average molecular weight is 398 g/mol. The molecule has 2 aromatic carbocycles. The molecule has 5 aromatic rings. The lowest BCUT2D eigenvalue weighted by Gasteiger charge is -2.07. The van der Waals surface area contributed by atoms with Crippen LogP contribution in [0.25, 0.3) is 27.8 Å². The number of H-pyrrole nitrogens is 1. The molecule has 0 amide bonds. The average Bonchev–Trinajstić information content (AvgIpc) is 3.24. The van der Waals surface area contributed by atoms with Gasteiger partial charge in [0.15, 0.2) is 5.65 Å². The SMILES string of the molecule is Cc1c(/C=N\Nc2nnc3c(n2)[nH]c2ccccc23)c(=O)n(-c2ccccc2)n1C. The van der Waals surface area contributed by atoms with E-state index in [1.165, 1.54) is 6.21 Å². The van der Waals surface area contributed by atoms with Crippen molar-refractivity contribution < 1.29 is 0 Å². The van der Waals surface area contributed by atoms with Crippen molar-refractivity contribution in [2.45, 2.75) is 6.92 Å². The van der Waals surface area contributed by atoms with Crippen LogP contribution in [0.2, 0.25) is 0 Å². The second kappa shape index (κ2) is 6.96. The molecule has 0 aliphatic carbocycles. The molecule has 0 aliphatic heterocycles. The highest BCUT2D eigenvalue weighted by molar-refractivity contribution is 6.03. The molecule has 0 fully saturated rings. The third-order valence-corrected chi connectivity index (χ3v) is 5.08. The molecule has 2 N–H and O–H groups in total. The molecular formula is C21H18N8O. The number of hydrazone groups is 1. The topological polar surface area (TPSA) is 106 Å². The van der Waals surface area contributed by atoms with Crippen molar-refractivity contribution in [3.63, 3.8) is 0 Å². The Morgan fingerprint density at radius 1 is 1.07 bits per heavy atom. The maximum absolute atomic E-state index is 12.9. The van der Waals surface area contributed by atoms with Crippen molar-refractivity contribution in [2.24, 2.45) is 12.1 Å². The van der Waals surface area contributed by atoms with Gasteiger partial charge in [-0.15, -0.1) is 10.2 Å². The number of nitrogens with one attached hydrogen (secondary N) is 2. The van der Waals surface area contributed by atoms with Crippen molar-refractivity contribution >= 4 is 34.2 Å². The zero-order valence-corrected chi connectivity index (χ0v) is 16.4. The minimum absolute atomic E-state index is 0.156. The van der Waals surface area contributed by atoms with Gasteiger partial charge in [-0.2, -0.15) is 10.1 Å². The molecule has 5 rings (SSSR count). The van der Waals surface area contributed by atoms with E-state index < -0.39 is 0 Å². The van der Waals surface area contributed by atoms with E-state index in [0.717, 1.165) is 22.3 Å². The van der Waals surface area contributed by atoms with Gasteiger partial charge in [0, 0.05) is 23.6 Å². The van der Waals surface area contributed by atoms with Gasteiger partial charge in [-0.25, -0.2) is 10.1 Å². The molecule has 0 atom stereocenters. The Balaban J connectivity index is 1.45. The molecule has 0 radical (unpaired) electrons. The van der Waals surface area contributed by atoms with Gasteiger partial charge in [-0.05, 0) is 25.1 Å². The highest BCUT2D eigenvalue weighted by Crippen LogP contribution is 2.21. The highest BCUT2D eigenvalue weighted by atomic mass is 16.1. The smallest absolute Gasteiger partial charge is 0.280 e. The largest absolute Gasteiger partial charge is 0.338 e. The fourth-order valence-corrected chi connectivity index (χ4v) is 3.46. The molecule has 0 bridgehead atoms. The van der Waals surface area contributed by atoms with Gasteiger partial charge in [0.25, 0.3) is 11.5 Å². The van der Waals surface area contributed by atoms with Crippen molar-refractivity contribution in [3.05, 3.63) is 76.2 Å². The Morgan fingerprint density at radius 2 is 1.83 bits per heavy atom. The highest BCUT2D eigenvalue weighted by Gasteiger charge is 2.14. The second-order valence-corrected chi connectivity index (χ2v) is 6.85. The van der Waals surface area contributed by atoms with Crippen molar-refractivity contribution in [1.82, 2.24) is 29.5 Å². The van der Waals surface area contributed by atoms with Crippen molar-refractivity contribution in [1.29, 1.82) is 0 Å². The number of rotatable bonds is 4. The van der Waals surface area contributed by atoms with Crippen LogP contribution >= 0.6 is 0 Å². The molecule has 148 valence electrons. The molecule has 0 saturated carbocycles. The van der Waals surface area contributed by atoms with Crippen molar-refractivity contribution in [2.75, 3.05) is 5.43 Å². The summed E-state index contributed by atoms with van der Waals surface area (Å²) in [4.78, 5) is 20.5. The van der Waals surface area contributed by atoms with E-state index >= 15 is 0 Å². The molecule has 0 aliphatic rings. The first-order valence-electron chi connectivity index (χ1n) is 9.38. The van der Waals surface area contributed by atoms with Crippen LogP contribution in [0, 0.1) is 6.92 Å². The summed E-state index contributed by atoms with van der Waals surface area (Å²) >= 11 is 0. The molecular weight excluding hydrogens is 380 g/mol. The number of anilines is 1. The number of fused-ring (bicyclic) bond motifs is 3. The zero-order chi connectivity index (χ0) is 20.7. The van der Waals surface area contributed by atoms with E-state index in [1.54, 1.807) is 9.36 Å². The predicted molar refractivity (Wildman–Crippen MR) is 116 cm³/mol. The minimum Gasteiger partial charge on any atom is -0.338 e. The van der Waals surface area contributed by atoms with Gasteiger partial charge in [-0.1, -0.05) is 36.4 Å². The Morgan fingerprint density at radius 3 is 2.67 bits per heavy atom. The van der Waals surface area contributed by atoms with Crippen LogP contribution in [-0.2, 0) is 7.05 Å². The van der Waals surface area contributed by atoms with E-state index in [9.17, 15) is 4.79 Å². The fourth-order valence-electron chi connectivity index (χ4n) is 3.46. The molecule has 3 heterocycles. The second-order valence-electron chi connectivity index (χ2n) is 6.85. The number of aromatic amines is 1. The lowest BCUT2D eigenvalue weighted by molar-refractivity contribution is 0.630. The van der Waals surface area contributed by atoms with Gasteiger partial charge in [0.2, 0.25) is 0 Å². The quantitative estimate of drug-likeness (QED) is 0.358. The maximum atomic E-state index is 12.9. The molecule has 0 unspecified atom stereocenters. The van der Waals surface area contributed by atoms with E-state index in [-0.39, 0.29) is 11.5 Å². The van der Waals surface area contributed by atoms with E-state index in [4.69, 9.17) is 0 Å². The first-order chi connectivity index (χ1) is 14.6. The maximum Gasteiger partial charge on any atom is 0.280 e. The van der Waals surface area contributed by atoms with Crippen LogP contribution in [0.15, 0.2) is 64.5 Å². The summed E-state index contributed by atoms with van der Waals surface area (Å²) in [7, 11) is 1.84. The molecule has 30 heavy (non-hydrogen) atoms. The van der Waals surface area contributed by atoms with Gasteiger partial charge in [0.1, 0.15) is 5.52 Å². The minimum atomic E-state index is -0.156. The van der Waals surface area contributed by atoms with Crippen LogP contribution in [-0.4, -0.2) is 35.7 Å². The van der Waals surface area contributed by atoms with Gasteiger partial charge >= 0.3 is 0 Å². The fraction of sp³-hybridized carbons (Fsp3) is 0.0952. The Hall–Kier alpha value is -4.27. The van der Waals surface area contributed by atoms with Crippen molar-refractivity contribution in [3.8, 4) is 5.69 Å². The lowest BCUT2D eigenvalue weighted by Crippen LogP contribution is -2.20. The molecule has 0 saturated heterocycles. The van der Waals surface area contributed by atoms with E-state index in [1.807, 2.05) is 68.6 Å². The third-order valence-electron chi connectivity index (χ3n) is 5.08.